The van der Waals surface area contributed by atoms with E-state index in [1.165, 1.54) is 0 Å². The predicted octanol–water partition coefficient (Wildman–Crippen LogP) is 2.72. The number of hydrogen-bond acceptors (Lipinski definition) is 3. The number of rotatable bonds is 5. The minimum absolute atomic E-state index is 0.0642. The van der Waals surface area contributed by atoms with Gasteiger partial charge in [-0.25, -0.2) is 0 Å². The normalized spacial score (nSPS) is 12.7. The Morgan fingerprint density at radius 1 is 1.32 bits per heavy atom. The molecule has 0 bridgehead atoms. The third-order valence-electron chi connectivity index (χ3n) is 3.14. The van der Waals surface area contributed by atoms with Crippen molar-refractivity contribution >= 4 is 0 Å². The van der Waals surface area contributed by atoms with Gasteiger partial charge in [-0.05, 0) is 37.6 Å². The molecule has 0 aliphatic carbocycles. The lowest BCUT2D eigenvalue weighted by atomic mass is 10.0. The van der Waals surface area contributed by atoms with Crippen molar-refractivity contribution in [2.24, 2.45) is 5.73 Å². The van der Waals surface area contributed by atoms with E-state index in [0.29, 0.717) is 6.04 Å². The maximum Gasteiger partial charge on any atom is 0.119 e. The highest BCUT2D eigenvalue weighted by atomic mass is 16.5. The summed E-state index contributed by atoms with van der Waals surface area (Å²) in [6.07, 6.45) is 2.73. The van der Waals surface area contributed by atoms with Crippen LogP contribution in [0.25, 0.3) is 0 Å². The molecule has 0 aliphatic heterocycles. The Balaban J connectivity index is 2.08. The molecule has 0 saturated carbocycles. The molecule has 0 radical (unpaired) electrons. The zero-order valence-electron chi connectivity index (χ0n) is 11.7. The summed E-state index contributed by atoms with van der Waals surface area (Å²) >= 11 is 0. The average molecular weight is 259 g/mol. The van der Waals surface area contributed by atoms with Crippen LogP contribution in [0.1, 0.15) is 37.2 Å². The Hall–Kier alpha value is -1.81. The van der Waals surface area contributed by atoms with Crippen LogP contribution in [0, 0.1) is 0 Å². The van der Waals surface area contributed by atoms with E-state index in [9.17, 15) is 0 Å². The van der Waals surface area contributed by atoms with Crippen LogP contribution in [-0.2, 0) is 6.42 Å². The highest BCUT2D eigenvalue weighted by Gasteiger charge is 2.10. The molecule has 0 aliphatic rings. The molecule has 1 atom stereocenters. The summed E-state index contributed by atoms with van der Waals surface area (Å²) in [6, 6.07) is 10.2. The first kappa shape index (κ1) is 13.6. The summed E-state index contributed by atoms with van der Waals surface area (Å²) < 4.78 is 7.17. The van der Waals surface area contributed by atoms with E-state index in [2.05, 4.69) is 18.9 Å². The maximum atomic E-state index is 6.23. The fourth-order valence-corrected chi connectivity index (χ4v) is 1.99. The highest BCUT2D eigenvalue weighted by molar-refractivity contribution is 5.31. The number of ether oxygens (including phenoxy) is 1. The summed E-state index contributed by atoms with van der Waals surface area (Å²) in [5.41, 5.74) is 8.32. The van der Waals surface area contributed by atoms with Gasteiger partial charge in [-0.15, -0.1) is 0 Å². The van der Waals surface area contributed by atoms with Gasteiger partial charge in [-0.1, -0.05) is 12.1 Å². The maximum absolute atomic E-state index is 6.23. The lowest BCUT2D eigenvalue weighted by molar-refractivity contribution is 0.413. The molecular weight excluding hydrogens is 238 g/mol. The monoisotopic (exact) mass is 259 g/mol. The van der Waals surface area contributed by atoms with Gasteiger partial charge >= 0.3 is 0 Å². The van der Waals surface area contributed by atoms with Crippen molar-refractivity contribution in [3.63, 3.8) is 0 Å². The van der Waals surface area contributed by atoms with Gasteiger partial charge in [0.2, 0.25) is 0 Å². The number of aromatic nitrogens is 2. The molecule has 19 heavy (non-hydrogen) atoms. The van der Waals surface area contributed by atoms with E-state index in [4.69, 9.17) is 10.5 Å². The van der Waals surface area contributed by atoms with Gasteiger partial charge in [-0.2, -0.15) is 5.10 Å². The lowest BCUT2D eigenvalue weighted by Crippen LogP contribution is -2.14. The first-order valence-corrected chi connectivity index (χ1v) is 6.53. The Kier molecular flexibility index (Phi) is 4.22. The number of methoxy groups -OCH3 is 1. The molecule has 0 spiro atoms. The first-order valence-electron chi connectivity index (χ1n) is 6.53. The van der Waals surface area contributed by atoms with E-state index >= 15 is 0 Å². The van der Waals surface area contributed by atoms with Crippen molar-refractivity contribution in [1.29, 1.82) is 0 Å². The minimum Gasteiger partial charge on any atom is -0.497 e. The van der Waals surface area contributed by atoms with Crippen molar-refractivity contribution < 1.29 is 4.74 Å². The molecule has 4 heteroatoms. The SMILES string of the molecule is COc1cccc(C(N)Cc2ccn(C(C)C)n2)c1. The molecule has 1 heterocycles. The predicted molar refractivity (Wildman–Crippen MR) is 76.2 cm³/mol. The quantitative estimate of drug-likeness (QED) is 0.898. The molecule has 2 aromatic rings. The molecular formula is C15H21N3O. The summed E-state index contributed by atoms with van der Waals surface area (Å²) in [5.74, 6) is 0.834. The van der Waals surface area contributed by atoms with Crippen molar-refractivity contribution in [3.05, 3.63) is 47.8 Å². The van der Waals surface area contributed by atoms with Crippen LogP contribution in [0.5, 0.6) is 5.75 Å². The second-order valence-corrected chi connectivity index (χ2v) is 4.97. The molecule has 2 rings (SSSR count). The number of benzene rings is 1. The van der Waals surface area contributed by atoms with E-state index in [-0.39, 0.29) is 6.04 Å². The van der Waals surface area contributed by atoms with Crippen LogP contribution in [0.3, 0.4) is 0 Å². The Bertz CT molecular complexity index is 534. The molecule has 4 nitrogen and oxygen atoms in total. The van der Waals surface area contributed by atoms with Gasteiger partial charge in [0.1, 0.15) is 5.75 Å². The van der Waals surface area contributed by atoms with Crippen LogP contribution in [0.15, 0.2) is 36.5 Å². The van der Waals surface area contributed by atoms with Crippen molar-refractivity contribution in [1.82, 2.24) is 9.78 Å². The smallest absolute Gasteiger partial charge is 0.119 e. The zero-order valence-corrected chi connectivity index (χ0v) is 11.7. The van der Waals surface area contributed by atoms with Crippen molar-refractivity contribution in [3.8, 4) is 5.75 Å². The summed E-state index contributed by atoms with van der Waals surface area (Å²) in [4.78, 5) is 0. The number of hydrogen-bond donors (Lipinski definition) is 1. The molecule has 0 amide bonds. The summed E-state index contributed by atoms with van der Waals surface area (Å²) in [7, 11) is 1.66. The van der Waals surface area contributed by atoms with Crippen LogP contribution < -0.4 is 10.5 Å². The first-order chi connectivity index (χ1) is 9.10. The average Bonchev–Trinajstić information content (AvgIpc) is 2.87. The van der Waals surface area contributed by atoms with E-state index in [1.54, 1.807) is 7.11 Å². The van der Waals surface area contributed by atoms with Gasteiger partial charge in [0.15, 0.2) is 0 Å². The van der Waals surface area contributed by atoms with Crippen molar-refractivity contribution in [2.75, 3.05) is 7.11 Å². The standard InChI is InChI=1S/C15H21N3O/c1-11(2)18-8-7-13(17-18)10-15(16)12-5-4-6-14(9-12)19-3/h4-9,11,15H,10,16H2,1-3H3. The third kappa shape index (κ3) is 3.35. The van der Waals surface area contributed by atoms with Crippen LogP contribution in [0.2, 0.25) is 0 Å². The van der Waals surface area contributed by atoms with Gasteiger partial charge in [0, 0.05) is 24.7 Å². The highest BCUT2D eigenvalue weighted by Crippen LogP contribution is 2.20. The van der Waals surface area contributed by atoms with Crippen LogP contribution in [0.4, 0.5) is 0 Å². The second kappa shape index (κ2) is 5.89. The molecule has 0 fully saturated rings. The van der Waals surface area contributed by atoms with Crippen LogP contribution in [-0.4, -0.2) is 16.9 Å². The second-order valence-electron chi connectivity index (χ2n) is 4.97. The fourth-order valence-electron chi connectivity index (χ4n) is 1.99. The van der Waals surface area contributed by atoms with Gasteiger partial charge < -0.3 is 10.5 Å². The van der Waals surface area contributed by atoms with Gasteiger partial charge in [0.25, 0.3) is 0 Å². The molecule has 102 valence electrons. The summed E-state index contributed by atoms with van der Waals surface area (Å²) in [5, 5.41) is 4.52. The van der Waals surface area contributed by atoms with Crippen LogP contribution >= 0.6 is 0 Å². The van der Waals surface area contributed by atoms with E-state index in [1.807, 2.05) is 41.2 Å². The Morgan fingerprint density at radius 2 is 2.11 bits per heavy atom. The van der Waals surface area contributed by atoms with Gasteiger partial charge in [0.05, 0.1) is 12.8 Å². The Morgan fingerprint density at radius 3 is 2.74 bits per heavy atom. The zero-order chi connectivity index (χ0) is 13.8. The third-order valence-corrected chi connectivity index (χ3v) is 3.14. The molecule has 1 unspecified atom stereocenters. The Labute approximate surface area is 114 Å². The fraction of sp³-hybridized carbons (Fsp3) is 0.400. The molecule has 0 saturated heterocycles. The molecule has 1 aromatic heterocycles. The van der Waals surface area contributed by atoms with Gasteiger partial charge in [-0.3, -0.25) is 4.68 Å². The lowest BCUT2D eigenvalue weighted by Gasteiger charge is -2.12. The molecule has 2 N–H and O–H groups in total. The van der Waals surface area contributed by atoms with E-state index < -0.39 is 0 Å². The number of nitrogens with zero attached hydrogens (tertiary/aromatic N) is 2. The molecule has 1 aromatic carbocycles. The number of nitrogens with two attached hydrogens (primary N) is 1. The largest absolute Gasteiger partial charge is 0.497 e. The summed E-state index contributed by atoms with van der Waals surface area (Å²) in [6.45, 7) is 4.22. The van der Waals surface area contributed by atoms with E-state index in [0.717, 1.165) is 23.4 Å². The topological polar surface area (TPSA) is 53.1 Å². The minimum atomic E-state index is -0.0642. The van der Waals surface area contributed by atoms with Crippen molar-refractivity contribution in [2.45, 2.75) is 32.4 Å².